The minimum absolute atomic E-state index is 0.0715. The first-order valence-electron chi connectivity index (χ1n) is 10.4. The first-order valence-corrected chi connectivity index (χ1v) is 11.6. The fourth-order valence-corrected chi connectivity index (χ4v) is 4.84. The van der Waals surface area contributed by atoms with Gasteiger partial charge in [0.25, 0.3) is 5.91 Å². The Kier molecular flexibility index (Phi) is 6.49. The molecule has 0 spiro atoms. The molecule has 2 aliphatic heterocycles. The monoisotopic (exact) mass is 471 g/mol. The number of anilines is 1. The number of aryl methyl sites for hydroxylation is 1. The van der Waals surface area contributed by atoms with Crippen LogP contribution in [0.15, 0.2) is 34.4 Å². The van der Waals surface area contributed by atoms with Crippen molar-refractivity contribution in [2.45, 2.75) is 36.7 Å². The van der Waals surface area contributed by atoms with Crippen molar-refractivity contribution in [1.29, 1.82) is 0 Å². The van der Waals surface area contributed by atoms with E-state index in [9.17, 15) is 4.79 Å². The number of nitrogens with zero attached hydrogens (tertiary/aromatic N) is 5. The molecular formula is C22H26ClN7OS. The third-order valence-electron chi connectivity index (χ3n) is 5.47. The molecule has 1 saturated carbocycles. The predicted octanol–water partition coefficient (Wildman–Crippen LogP) is 2.63. The maximum Gasteiger partial charge on any atom is 0.263 e. The number of carbonyl (C=O) groups excluding carboxylic acids is 1. The number of guanidine groups is 1. The van der Waals surface area contributed by atoms with Crippen molar-refractivity contribution in [3.63, 3.8) is 0 Å². The fourth-order valence-electron chi connectivity index (χ4n) is 3.54. The Balaban J connectivity index is 0.000000567. The van der Waals surface area contributed by atoms with E-state index < -0.39 is 0 Å². The molecule has 5 rings (SSSR count). The summed E-state index contributed by atoms with van der Waals surface area (Å²) in [5.74, 6) is 2.81. The van der Waals surface area contributed by atoms with Gasteiger partial charge in [0.15, 0.2) is 0 Å². The van der Waals surface area contributed by atoms with E-state index in [0.29, 0.717) is 36.2 Å². The quantitative estimate of drug-likeness (QED) is 0.514. The molecule has 0 saturated heterocycles. The van der Waals surface area contributed by atoms with E-state index >= 15 is 0 Å². The van der Waals surface area contributed by atoms with Gasteiger partial charge in [-0.15, -0.1) is 6.42 Å². The number of aromatic nitrogens is 2. The minimum Gasteiger partial charge on any atom is -0.320 e. The third kappa shape index (κ3) is 4.64. The molecule has 10 heteroatoms. The predicted molar refractivity (Wildman–Crippen MR) is 129 cm³/mol. The SMILES string of the molecule is C#CCN.Cn1cc(CN2C(=O)c3cc(SNC4(C)CC4)cc(Cl)c3N3CCN=C23)cn1. The molecule has 168 valence electrons. The number of halogens is 1. The van der Waals surface area contributed by atoms with Crippen molar-refractivity contribution < 1.29 is 4.79 Å². The molecule has 0 radical (unpaired) electrons. The third-order valence-corrected chi connectivity index (χ3v) is 6.83. The van der Waals surface area contributed by atoms with Gasteiger partial charge in [-0.1, -0.05) is 17.5 Å². The summed E-state index contributed by atoms with van der Waals surface area (Å²) in [5.41, 5.74) is 7.35. The highest BCUT2D eigenvalue weighted by Gasteiger charge is 2.40. The summed E-state index contributed by atoms with van der Waals surface area (Å²) in [4.78, 5) is 22.7. The number of hydrogen-bond donors (Lipinski definition) is 2. The molecule has 1 aromatic carbocycles. The summed E-state index contributed by atoms with van der Waals surface area (Å²) in [6.45, 7) is 4.36. The van der Waals surface area contributed by atoms with Gasteiger partial charge >= 0.3 is 0 Å². The zero-order chi connectivity index (χ0) is 22.9. The van der Waals surface area contributed by atoms with Crippen LogP contribution in [0.5, 0.6) is 0 Å². The summed E-state index contributed by atoms with van der Waals surface area (Å²) in [7, 11) is 1.87. The number of nitrogens with two attached hydrogens (primary N) is 1. The Labute approximate surface area is 197 Å². The van der Waals surface area contributed by atoms with Crippen LogP contribution in [0.2, 0.25) is 5.02 Å². The van der Waals surface area contributed by atoms with Crippen LogP contribution in [0.25, 0.3) is 0 Å². The summed E-state index contributed by atoms with van der Waals surface area (Å²) in [6.07, 6.45) is 10.7. The second-order valence-corrected chi connectivity index (χ2v) is 9.51. The van der Waals surface area contributed by atoms with E-state index in [-0.39, 0.29) is 11.4 Å². The molecule has 3 aliphatic rings. The molecule has 0 bridgehead atoms. The first-order chi connectivity index (χ1) is 15.3. The standard InChI is InChI=1S/C19H21ClN6OS.C3H5N/c1-19(3-4-19)23-28-13-7-14-16(15(20)8-13)25-6-5-21-18(25)26(17(14)27)11-12-9-22-24(2)10-12;1-2-3-4/h7-10,23H,3-6,11H2,1-2H3;1H,3-4H2. The van der Waals surface area contributed by atoms with Crippen LogP contribution >= 0.6 is 23.5 Å². The molecule has 32 heavy (non-hydrogen) atoms. The molecule has 1 aromatic heterocycles. The van der Waals surface area contributed by atoms with Gasteiger partial charge in [-0.25, -0.2) is 0 Å². The number of carbonyl (C=O) groups is 1. The molecule has 1 fully saturated rings. The summed E-state index contributed by atoms with van der Waals surface area (Å²) < 4.78 is 5.22. The zero-order valence-corrected chi connectivity index (χ0v) is 19.7. The van der Waals surface area contributed by atoms with E-state index in [1.54, 1.807) is 27.7 Å². The molecule has 3 N–H and O–H groups in total. The number of terminal acetylenes is 1. The minimum atomic E-state index is -0.0715. The van der Waals surface area contributed by atoms with Gasteiger partial charge in [0.05, 0.1) is 42.1 Å². The maximum absolute atomic E-state index is 13.4. The second kappa shape index (κ2) is 9.16. The van der Waals surface area contributed by atoms with Crippen LogP contribution in [-0.2, 0) is 13.6 Å². The number of benzene rings is 1. The summed E-state index contributed by atoms with van der Waals surface area (Å²) in [5, 5.41) is 4.80. The first kappa shape index (κ1) is 22.7. The van der Waals surface area contributed by atoms with Gasteiger partial charge in [0.1, 0.15) is 0 Å². The second-order valence-electron chi connectivity index (χ2n) is 8.22. The highest BCUT2D eigenvalue weighted by atomic mass is 35.5. The van der Waals surface area contributed by atoms with Crippen LogP contribution in [0, 0.1) is 12.3 Å². The topological polar surface area (TPSA) is 91.8 Å². The number of amides is 1. The molecule has 0 unspecified atom stereocenters. The summed E-state index contributed by atoms with van der Waals surface area (Å²) in [6, 6.07) is 3.88. The lowest BCUT2D eigenvalue weighted by Gasteiger charge is -2.36. The molecular weight excluding hydrogens is 446 g/mol. The van der Waals surface area contributed by atoms with Gasteiger partial charge in [0, 0.05) is 35.8 Å². The molecule has 2 aromatic rings. The van der Waals surface area contributed by atoms with Crippen molar-refractivity contribution in [3.05, 3.63) is 40.7 Å². The van der Waals surface area contributed by atoms with Crippen LogP contribution in [0.1, 0.15) is 35.7 Å². The van der Waals surface area contributed by atoms with E-state index in [1.807, 2.05) is 25.4 Å². The van der Waals surface area contributed by atoms with E-state index in [4.69, 9.17) is 17.3 Å². The Morgan fingerprint density at radius 2 is 2.16 bits per heavy atom. The summed E-state index contributed by atoms with van der Waals surface area (Å²) >= 11 is 8.18. The normalized spacial score (nSPS) is 17.7. The average molecular weight is 472 g/mol. The zero-order valence-electron chi connectivity index (χ0n) is 18.1. The average Bonchev–Trinajstić information content (AvgIpc) is 3.14. The van der Waals surface area contributed by atoms with Crippen molar-refractivity contribution in [2.75, 3.05) is 24.5 Å². The molecule has 1 amide bonds. The van der Waals surface area contributed by atoms with Crippen molar-refractivity contribution in [2.24, 2.45) is 17.8 Å². The van der Waals surface area contributed by atoms with Gasteiger partial charge in [-0.3, -0.25) is 24.1 Å². The van der Waals surface area contributed by atoms with Crippen molar-refractivity contribution in [3.8, 4) is 12.3 Å². The number of hydrogen-bond acceptors (Lipinski definition) is 7. The Morgan fingerprint density at radius 3 is 2.78 bits per heavy atom. The van der Waals surface area contributed by atoms with Gasteiger partial charge in [-0.05, 0) is 43.8 Å². The van der Waals surface area contributed by atoms with Gasteiger partial charge in [0.2, 0.25) is 5.96 Å². The lowest BCUT2D eigenvalue weighted by molar-refractivity contribution is 0.0833. The van der Waals surface area contributed by atoms with Crippen molar-refractivity contribution in [1.82, 2.24) is 19.4 Å². The largest absolute Gasteiger partial charge is 0.320 e. The molecule has 3 heterocycles. The number of rotatable bonds is 5. The van der Waals surface area contributed by atoms with Crippen molar-refractivity contribution >= 4 is 41.1 Å². The molecule has 8 nitrogen and oxygen atoms in total. The van der Waals surface area contributed by atoms with Crippen LogP contribution < -0.4 is 15.4 Å². The van der Waals surface area contributed by atoms with Crippen LogP contribution in [-0.4, -0.2) is 51.7 Å². The Bertz CT molecular complexity index is 1100. The van der Waals surface area contributed by atoms with E-state index in [0.717, 1.165) is 22.7 Å². The fraction of sp³-hybridized carbons (Fsp3) is 0.409. The number of nitrogens with one attached hydrogen (secondary N) is 1. The van der Waals surface area contributed by atoms with E-state index in [1.165, 1.54) is 12.8 Å². The smallest absolute Gasteiger partial charge is 0.263 e. The Morgan fingerprint density at radius 1 is 1.41 bits per heavy atom. The van der Waals surface area contributed by atoms with E-state index in [2.05, 4.69) is 39.0 Å². The molecule has 0 atom stereocenters. The Hall–Kier alpha value is -2.51. The highest BCUT2D eigenvalue weighted by Crippen LogP contribution is 2.42. The number of aliphatic imine (C=N–C) groups is 1. The number of fused-ring (bicyclic) bond motifs is 3. The lowest BCUT2D eigenvalue weighted by Crippen LogP contribution is -2.49. The lowest BCUT2D eigenvalue weighted by atomic mass is 10.1. The van der Waals surface area contributed by atoms with Crippen LogP contribution in [0.4, 0.5) is 5.69 Å². The van der Waals surface area contributed by atoms with Crippen LogP contribution in [0.3, 0.4) is 0 Å². The van der Waals surface area contributed by atoms with Gasteiger partial charge in [-0.2, -0.15) is 5.10 Å². The molecule has 1 aliphatic carbocycles. The maximum atomic E-state index is 13.4. The van der Waals surface area contributed by atoms with Gasteiger partial charge < -0.3 is 10.6 Å². The highest BCUT2D eigenvalue weighted by molar-refractivity contribution is 7.97.